The predicted molar refractivity (Wildman–Crippen MR) is 92.0 cm³/mol. The van der Waals surface area contributed by atoms with Crippen molar-refractivity contribution >= 4 is 47.6 Å². The van der Waals surface area contributed by atoms with E-state index in [9.17, 15) is 14.4 Å². The number of anilines is 1. The van der Waals surface area contributed by atoms with Gasteiger partial charge in [0.2, 0.25) is 11.8 Å². The monoisotopic (exact) mass is 358 g/mol. The summed E-state index contributed by atoms with van der Waals surface area (Å²) in [4.78, 5) is 36.6. The van der Waals surface area contributed by atoms with Crippen molar-refractivity contribution in [1.82, 2.24) is 0 Å². The fraction of sp³-hybridized carbons (Fsp3) is 0.400. The molecule has 1 saturated heterocycles. The number of hydrogen-bond donors (Lipinski definition) is 2. The van der Waals surface area contributed by atoms with Crippen molar-refractivity contribution < 1.29 is 19.5 Å². The summed E-state index contributed by atoms with van der Waals surface area (Å²) in [6.45, 7) is 1.96. The van der Waals surface area contributed by atoms with E-state index in [1.54, 1.807) is 12.1 Å². The fourth-order valence-corrected chi connectivity index (χ4v) is 3.40. The number of amides is 2. The number of carboxylic acids is 1. The number of nitrogens with two attached hydrogens (primary N) is 1. The van der Waals surface area contributed by atoms with Crippen LogP contribution in [0.5, 0.6) is 0 Å². The molecule has 2 rings (SSSR count). The van der Waals surface area contributed by atoms with Gasteiger partial charge in [-0.2, -0.15) is 0 Å². The van der Waals surface area contributed by atoms with E-state index >= 15 is 0 Å². The molecule has 1 aliphatic rings. The second-order valence-corrected chi connectivity index (χ2v) is 6.26. The maximum atomic E-state index is 12.5. The molecule has 1 aliphatic heterocycles. The number of carbonyl (C=O) groups is 3. The van der Waals surface area contributed by atoms with Gasteiger partial charge in [0.15, 0.2) is 0 Å². The number of benzene rings is 1. The van der Waals surface area contributed by atoms with Gasteiger partial charge in [0.25, 0.3) is 0 Å². The number of aryl methyl sites for hydroxylation is 1. The molecule has 1 heterocycles. The lowest BCUT2D eigenvalue weighted by Crippen LogP contribution is -2.35. The summed E-state index contributed by atoms with van der Waals surface area (Å²) < 4.78 is 0. The van der Waals surface area contributed by atoms with E-state index in [1.165, 1.54) is 4.90 Å². The van der Waals surface area contributed by atoms with Crippen molar-refractivity contribution in [3.63, 3.8) is 0 Å². The van der Waals surface area contributed by atoms with Crippen LogP contribution in [0.4, 0.5) is 5.69 Å². The summed E-state index contributed by atoms with van der Waals surface area (Å²) in [5, 5.41) is 8.20. The Morgan fingerprint density at radius 2 is 2.09 bits per heavy atom. The van der Waals surface area contributed by atoms with Crippen LogP contribution in [0, 0.1) is 0 Å². The van der Waals surface area contributed by atoms with Crippen LogP contribution in [0.3, 0.4) is 0 Å². The Bertz CT molecular complexity index is 611. The average molecular weight is 359 g/mol. The first kappa shape index (κ1) is 19.5. The lowest BCUT2D eigenvalue weighted by Gasteiger charge is -2.18. The summed E-state index contributed by atoms with van der Waals surface area (Å²) in [7, 11) is 0. The van der Waals surface area contributed by atoms with Gasteiger partial charge in [-0.1, -0.05) is 25.1 Å². The summed E-state index contributed by atoms with van der Waals surface area (Å²) >= 11 is 1.13. The third-order valence-corrected chi connectivity index (χ3v) is 4.84. The van der Waals surface area contributed by atoms with Crippen LogP contribution in [-0.2, 0) is 20.8 Å². The van der Waals surface area contributed by atoms with Crippen molar-refractivity contribution in [2.24, 2.45) is 5.73 Å². The van der Waals surface area contributed by atoms with Crippen molar-refractivity contribution in [1.29, 1.82) is 0 Å². The molecule has 0 aliphatic carbocycles. The van der Waals surface area contributed by atoms with Crippen LogP contribution in [0.25, 0.3) is 0 Å². The largest absolute Gasteiger partial charge is 0.480 e. The Morgan fingerprint density at radius 3 is 2.70 bits per heavy atom. The van der Waals surface area contributed by atoms with Crippen LogP contribution >= 0.6 is 24.2 Å². The first-order valence-corrected chi connectivity index (χ1v) is 8.05. The van der Waals surface area contributed by atoms with Crippen LogP contribution in [0.2, 0.25) is 0 Å². The van der Waals surface area contributed by atoms with Crippen LogP contribution < -0.4 is 10.6 Å². The van der Waals surface area contributed by atoms with Crippen molar-refractivity contribution in [3.05, 3.63) is 29.8 Å². The zero-order valence-electron chi connectivity index (χ0n) is 12.6. The zero-order chi connectivity index (χ0) is 16.3. The van der Waals surface area contributed by atoms with Crippen LogP contribution in [-0.4, -0.2) is 39.9 Å². The zero-order valence-corrected chi connectivity index (χ0v) is 14.2. The Labute approximate surface area is 144 Å². The van der Waals surface area contributed by atoms with Gasteiger partial charge in [-0.05, 0) is 18.1 Å². The number of imide groups is 1. The van der Waals surface area contributed by atoms with E-state index in [4.69, 9.17) is 10.8 Å². The molecule has 3 N–H and O–H groups in total. The molecule has 0 bridgehead atoms. The summed E-state index contributed by atoms with van der Waals surface area (Å²) in [6.07, 6.45) is 0.794. The van der Waals surface area contributed by atoms with Gasteiger partial charge in [0.1, 0.15) is 6.04 Å². The standard InChI is InChI=1S/C15H18N2O4S.ClH/c1-2-9-5-3-4-6-11(9)17-13(18)7-12(14(17)19)22-8-10(16)15(20)21;/h3-6,10,12H,2,7-8,16H2,1H3,(H,20,21);1H. The summed E-state index contributed by atoms with van der Waals surface area (Å²) in [5.74, 6) is -1.57. The molecule has 2 atom stereocenters. The summed E-state index contributed by atoms with van der Waals surface area (Å²) in [5.41, 5.74) is 6.98. The quantitative estimate of drug-likeness (QED) is 0.746. The highest BCUT2D eigenvalue weighted by Crippen LogP contribution is 2.32. The normalized spacial score (nSPS) is 18.7. The Kier molecular flexibility index (Phi) is 7.05. The molecule has 0 radical (unpaired) electrons. The van der Waals surface area contributed by atoms with E-state index in [2.05, 4.69) is 0 Å². The molecule has 8 heteroatoms. The lowest BCUT2D eigenvalue weighted by atomic mass is 10.1. The third-order valence-electron chi connectivity index (χ3n) is 3.51. The number of halogens is 1. The highest BCUT2D eigenvalue weighted by atomic mass is 35.5. The van der Waals surface area contributed by atoms with E-state index in [0.29, 0.717) is 5.69 Å². The lowest BCUT2D eigenvalue weighted by molar-refractivity contribution is -0.138. The van der Waals surface area contributed by atoms with Crippen molar-refractivity contribution in [2.75, 3.05) is 10.7 Å². The molecule has 126 valence electrons. The van der Waals surface area contributed by atoms with E-state index in [-0.39, 0.29) is 36.4 Å². The van der Waals surface area contributed by atoms with Crippen molar-refractivity contribution in [3.8, 4) is 0 Å². The van der Waals surface area contributed by atoms with Gasteiger partial charge in [-0.15, -0.1) is 24.2 Å². The van der Waals surface area contributed by atoms with E-state index in [0.717, 1.165) is 23.7 Å². The SMILES string of the molecule is CCc1ccccc1N1C(=O)CC(SCC(N)C(=O)O)C1=O.Cl. The minimum absolute atomic E-state index is 0. The van der Waals surface area contributed by atoms with Crippen molar-refractivity contribution in [2.45, 2.75) is 31.1 Å². The smallest absolute Gasteiger partial charge is 0.321 e. The van der Waals surface area contributed by atoms with Gasteiger partial charge >= 0.3 is 5.97 Å². The number of carboxylic acid groups (broad SMARTS) is 1. The first-order valence-electron chi connectivity index (χ1n) is 7.00. The van der Waals surface area contributed by atoms with Gasteiger partial charge in [-0.3, -0.25) is 14.4 Å². The number of para-hydroxylation sites is 1. The summed E-state index contributed by atoms with van der Waals surface area (Å²) in [6, 6.07) is 6.26. The molecule has 1 aromatic rings. The molecule has 6 nitrogen and oxygen atoms in total. The minimum atomic E-state index is -1.11. The topological polar surface area (TPSA) is 101 Å². The molecular weight excluding hydrogens is 340 g/mol. The molecule has 2 amide bonds. The van der Waals surface area contributed by atoms with Crippen LogP contribution in [0.15, 0.2) is 24.3 Å². The Hall–Kier alpha value is -1.57. The van der Waals surface area contributed by atoms with Gasteiger partial charge in [0.05, 0.1) is 10.9 Å². The Morgan fingerprint density at radius 1 is 1.43 bits per heavy atom. The highest BCUT2D eigenvalue weighted by Gasteiger charge is 2.40. The van der Waals surface area contributed by atoms with E-state index in [1.807, 2.05) is 19.1 Å². The number of aliphatic carboxylic acids is 1. The number of hydrogen-bond acceptors (Lipinski definition) is 5. The molecule has 2 unspecified atom stereocenters. The number of carbonyl (C=O) groups excluding carboxylic acids is 2. The number of rotatable bonds is 6. The third kappa shape index (κ3) is 4.25. The number of nitrogens with zero attached hydrogens (tertiary/aromatic N) is 1. The van der Waals surface area contributed by atoms with Gasteiger partial charge < -0.3 is 10.8 Å². The number of thioether (sulfide) groups is 1. The van der Waals surface area contributed by atoms with Crippen LogP contribution in [0.1, 0.15) is 18.9 Å². The highest BCUT2D eigenvalue weighted by molar-refractivity contribution is 8.00. The van der Waals surface area contributed by atoms with E-state index < -0.39 is 17.3 Å². The minimum Gasteiger partial charge on any atom is -0.480 e. The molecule has 1 aromatic carbocycles. The second-order valence-electron chi connectivity index (χ2n) is 5.02. The molecular formula is C15H19ClN2O4S. The van der Waals surface area contributed by atoms with Gasteiger partial charge in [-0.25, -0.2) is 4.90 Å². The molecule has 0 aromatic heterocycles. The molecule has 0 saturated carbocycles. The molecule has 0 spiro atoms. The maximum Gasteiger partial charge on any atom is 0.321 e. The van der Waals surface area contributed by atoms with Gasteiger partial charge in [0, 0.05) is 12.2 Å². The molecule has 1 fully saturated rings. The maximum absolute atomic E-state index is 12.5. The average Bonchev–Trinajstić information content (AvgIpc) is 2.78. The fourth-order valence-electron chi connectivity index (χ4n) is 2.31. The second kappa shape index (κ2) is 8.33. The Balaban J connectivity index is 0.00000264. The first-order chi connectivity index (χ1) is 10.5. The predicted octanol–water partition coefficient (Wildman–Crippen LogP) is 1.45. The molecule has 23 heavy (non-hydrogen) atoms.